The zero-order valence-electron chi connectivity index (χ0n) is 7.64. The van der Waals surface area contributed by atoms with E-state index in [1.165, 1.54) is 14.0 Å². The van der Waals surface area contributed by atoms with E-state index in [9.17, 15) is 9.59 Å². The Morgan fingerprint density at radius 2 is 1.93 bits per heavy atom. The van der Waals surface area contributed by atoms with E-state index in [1.807, 2.05) is 0 Å². The number of nitrogens with one attached hydrogen (secondary N) is 1. The molecule has 14 heavy (non-hydrogen) atoms. The van der Waals surface area contributed by atoms with Gasteiger partial charge in [0.05, 0.1) is 19.6 Å². The molecule has 0 aromatic carbocycles. The molecule has 0 saturated heterocycles. The van der Waals surface area contributed by atoms with Crippen LogP contribution in [0.25, 0.3) is 0 Å². The summed E-state index contributed by atoms with van der Waals surface area (Å²) in [5, 5.41) is 2.35. The molecule has 0 radical (unpaired) electrons. The van der Waals surface area contributed by atoms with Gasteiger partial charge in [-0.3, -0.25) is 9.59 Å². The number of methoxy groups -OCH3 is 1. The first-order valence-corrected chi connectivity index (χ1v) is 4.81. The number of esters is 1. The van der Waals surface area contributed by atoms with Gasteiger partial charge in [-0.1, -0.05) is 34.8 Å². The van der Waals surface area contributed by atoms with Gasteiger partial charge in [-0.05, 0) is 0 Å². The average Bonchev–Trinajstić information content (AvgIpc) is 2.00. The van der Waals surface area contributed by atoms with Crippen molar-refractivity contribution >= 4 is 46.7 Å². The van der Waals surface area contributed by atoms with Crippen LogP contribution in [0.5, 0.6) is 0 Å². The van der Waals surface area contributed by atoms with Gasteiger partial charge >= 0.3 is 5.97 Å². The Morgan fingerprint density at radius 3 is 2.21 bits per heavy atom. The van der Waals surface area contributed by atoms with Crippen molar-refractivity contribution in [2.45, 2.75) is 23.2 Å². The Kier molecular flexibility index (Phi) is 5.56. The minimum absolute atomic E-state index is 0.188. The highest BCUT2D eigenvalue weighted by atomic mass is 35.6. The quantitative estimate of drug-likeness (QED) is 0.618. The molecular formula is C7H10Cl3NO3. The molecule has 1 atom stereocenters. The van der Waals surface area contributed by atoms with Crippen LogP contribution in [0.2, 0.25) is 0 Å². The lowest BCUT2D eigenvalue weighted by Crippen LogP contribution is -2.44. The van der Waals surface area contributed by atoms with Gasteiger partial charge < -0.3 is 10.1 Å². The lowest BCUT2D eigenvalue weighted by molar-refractivity contribution is -0.141. The second-order valence-corrected chi connectivity index (χ2v) is 4.94. The molecule has 7 heteroatoms. The molecule has 0 aliphatic carbocycles. The van der Waals surface area contributed by atoms with Crippen LogP contribution in [0, 0.1) is 0 Å². The summed E-state index contributed by atoms with van der Waals surface area (Å²) in [6, 6.07) is -0.891. The van der Waals surface area contributed by atoms with E-state index in [4.69, 9.17) is 34.8 Å². The van der Waals surface area contributed by atoms with Crippen LogP contribution >= 0.6 is 34.8 Å². The fourth-order valence-corrected chi connectivity index (χ4v) is 1.14. The van der Waals surface area contributed by atoms with Gasteiger partial charge in [0.25, 0.3) is 0 Å². The van der Waals surface area contributed by atoms with Crippen molar-refractivity contribution in [3.05, 3.63) is 0 Å². The van der Waals surface area contributed by atoms with Crippen LogP contribution < -0.4 is 5.32 Å². The topological polar surface area (TPSA) is 55.4 Å². The lowest BCUT2D eigenvalue weighted by atomic mass is 10.2. The molecule has 0 aliphatic heterocycles. The zero-order chi connectivity index (χ0) is 11.4. The minimum atomic E-state index is -1.74. The lowest BCUT2D eigenvalue weighted by Gasteiger charge is -2.23. The van der Waals surface area contributed by atoms with Crippen molar-refractivity contribution in [1.82, 2.24) is 5.32 Å². The van der Waals surface area contributed by atoms with E-state index < -0.39 is 15.8 Å². The number of hydrogen-bond donors (Lipinski definition) is 1. The maximum Gasteiger partial charge on any atom is 0.307 e. The van der Waals surface area contributed by atoms with Crippen LogP contribution in [0.15, 0.2) is 0 Å². The molecular weight excluding hydrogens is 252 g/mol. The predicted octanol–water partition coefficient (Wildman–Crippen LogP) is 1.42. The third kappa shape index (κ3) is 5.52. The highest BCUT2D eigenvalue weighted by Gasteiger charge is 2.35. The van der Waals surface area contributed by atoms with Gasteiger partial charge in [-0.15, -0.1) is 0 Å². The molecule has 0 bridgehead atoms. The summed E-state index contributed by atoms with van der Waals surface area (Å²) in [4.78, 5) is 21.6. The Bertz CT molecular complexity index is 227. The Labute approximate surface area is 96.8 Å². The summed E-state index contributed by atoms with van der Waals surface area (Å²) >= 11 is 16.7. The fourth-order valence-electron chi connectivity index (χ4n) is 0.744. The first kappa shape index (κ1) is 13.8. The first-order chi connectivity index (χ1) is 6.27. The monoisotopic (exact) mass is 261 g/mol. The Morgan fingerprint density at radius 1 is 1.43 bits per heavy atom. The molecule has 0 spiro atoms. The van der Waals surface area contributed by atoms with E-state index in [0.29, 0.717) is 0 Å². The molecule has 82 valence electrons. The normalized spacial score (nSPS) is 13.2. The molecule has 1 unspecified atom stereocenters. The van der Waals surface area contributed by atoms with Crippen LogP contribution in [0.1, 0.15) is 13.3 Å². The average molecular weight is 263 g/mol. The molecule has 1 amide bonds. The number of hydrogen-bond acceptors (Lipinski definition) is 3. The van der Waals surface area contributed by atoms with Crippen LogP contribution in [-0.2, 0) is 14.3 Å². The summed E-state index contributed by atoms with van der Waals surface area (Å²) < 4.78 is 2.66. The first-order valence-electron chi connectivity index (χ1n) is 3.68. The van der Waals surface area contributed by atoms with Crippen molar-refractivity contribution in [3.63, 3.8) is 0 Å². The number of amides is 1. The number of halogens is 3. The van der Waals surface area contributed by atoms with Crippen molar-refractivity contribution in [2.24, 2.45) is 0 Å². The van der Waals surface area contributed by atoms with Crippen molar-refractivity contribution < 1.29 is 14.3 Å². The summed E-state index contributed by atoms with van der Waals surface area (Å²) in [5.74, 6) is -0.944. The van der Waals surface area contributed by atoms with Gasteiger partial charge in [0.2, 0.25) is 9.70 Å². The maximum atomic E-state index is 10.9. The summed E-state index contributed by atoms with van der Waals surface area (Å²) in [5.41, 5.74) is 0. The molecule has 0 aromatic rings. The number of carbonyl (C=O) groups is 2. The summed E-state index contributed by atoms with van der Waals surface area (Å²) in [6.07, 6.45) is -0.188. The molecule has 0 heterocycles. The molecule has 0 aliphatic rings. The molecule has 1 N–H and O–H groups in total. The molecule has 0 aromatic heterocycles. The van der Waals surface area contributed by atoms with Crippen LogP contribution in [0.3, 0.4) is 0 Å². The third-order valence-corrected chi connectivity index (χ3v) is 2.16. The van der Waals surface area contributed by atoms with Gasteiger partial charge in [0, 0.05) is 6.92 Å². The van der Waals surface area contributed by atoms with Gasteiger partial charge in [0.1, 0.15) is 0 Å². The van der Waals surface area contributed by atoms with E-state index in [2.05, 4.69) is 10.1 Å². The Balaban J connectivity index is 4.41. The van der Waals surface area contributed by atoms with Gasteiger partial charge in [-0.2, -0.15) is 0 Å². The SMILES string of the molecule is COC(=O)CC(NC(C)=O)C(Cl)(Cl)Cl. The maximum absolute atomic E-state index is 10.9. The molecule has 0 saturated carbocycles. The molecule has 0 rings (SSSR count). The molecule has 4 nitrogen and oxygen atoms in total. The highest BCUT2D eigenvalue weighted by Crippen LogP contribution is 2.32. The minimum Gasteiger partial charge on any atom is -0.469 e. The van der Waals surface area contributed by atoms with Crippen LogP contribution in [-0.4, -0.2) is 28.8 Å². The van der Waals surface area contributed by atoms with Crippen molar-refractivity contribution in [3.8, 4) is 0 Å². The second kappa shape index (κ2) is 5.63. The van der Waals surface area contributed by atoms with E-state index in [1.54, 1.807) is 0 Å². The highest BCUT2D eigenvalue weighted by molar-refractivity contribution is 6.68. The van der Waals surface area contributed by atoms with Crippen molar-refractivity contribution in [2.75, 3.05) is 7.11 Å². The summed E-state index contributed by atoms with van der Waals surface area (Å²) in [7, 11) is 1.21. The van der Waals surface area contributed by atoms with Gasteiger partial charge in [0.15, 0.2) is 0 Å². The van der Waals surface area contributed by atoms with E-state index in [0.717, 1.165) is 0 Å². The second-order valence-electron chi connectivity index (χ2n) is 2.57. The van der Waals surface area contributed by atoms with Crippen LogP contribution in [0.4, 0.5) is 0 Å². The Hall–Kier alpha value is -0.190. The molecule has 0 fully saturated rings. The largest absolute Gasteiger partial charge is 0.469 e. The standard InChI is InChI=1S/C7H10Cl3NO3/c1-4(12)11-5(7(8,9)10)3-6(13)14-2/h5H,3H2,1-2H3,(H,11,12). The van der Waals surface area contributed by atoms with E-state index in [-0.39, 0.29) is 12.3 Å². The number of rotatable bonds is 3. The van der Waals surface area contributed by atoms with E-state index >= 15 is 0 Å². The third-order valence-electron chi connectivity index (χ3n) is 1.37. The smallest absolute Gasteiger partial charge is 0.307 e. The fraction of sp³-hybridized carbons (Fsp3) is 0.714. The number of alkyl halides is 3. The number of ether oxygens (including phenoxy) is 1. The van der Waals surface area contributed by atoms with Crippen molar-refractivity contribution in [1.29, 1.82) is 0 Å². The van der Waals surface area contributed by atoms with Gasteiger partial charge in [-0.25, -0.2) is 0 Å². The summed E-state index contributed by atoms with van der Waals surface area (Å²) in [6.45, 7) is 1.26. The predicted molar refractivity (Wildman–Crippen MR) is 54.5 cm³/mol. The number of carbonyl (C=O) groups excluding carboxylic acids is 2. The zero-order valence-corrected chi connectivity index (χ0v) is 9.91.